The average molecular weight is 677 g/mol. The second-order valence-corrected chi connectivity index (χ2v) is 12.0. The number of esters is 2. The van der Waals surface area contributed by atoms with Gasteiger partial charge in [-0.25, -0.2) is 4.79 Å². The van der Waals surface area contributed by atoms with Gasteiger partial charge in [-0.1, -0.05) is 73.7 Å². The molecule has 0 saturated heterocycles. The molecule has 0 amide bonds. The van der Waals surface area contributed by atoms with Gasteiger partial charge in [0.05, 0.1) is 33.4 Å². The summed E-state index contributed by atoms with van der Waals surface area (Å²) in [4.78, 5) is 25.6. The van der Waals surface area contributed by atoms with Crippen molar-refractivity contribution in [2.45, 2.75) is 51.5 Å². The van der Waals surface area contributed by atoms with Crippen LogP contribution in [0.1, 0.15) is 66.6 Å². The first-order valence-electron chi connectivity index (χ1n) is 14.2. The maximum atomic E-state index is 13.0. The number of nitrogens with two attached hydrogens (primary N) is 1. The number of hydrogen-bond donors (Lipinski definition) is 3. The van der Waals surface area contributed by atoms with E-state index in [2.05, 4.69) is 33.5 Å². The first kappa shape index (κ1) is 32.1. The number of rotatable bonds is 12. The van der Waals surface area contributed by atoms with E-state index in [0.717, 1.165) is 24.9 Å². The number of benzene rings is 3. The molecule has 10 heteroatoms. The van der Waals surface area contributed by atoms with Crippen LogP contribution in [0.5, 0.6) is 0 Å². The predicted molar refractivity (Wildman–Crippen MR) is 173 cm³/mol. The summed E-state index contributed by atoms with van der Waals surface area (Å²) >= 11 is 16.1. The largest absolute Gasteiger partial charge is 0.462 e. The molecule has 1 aliphatic carbocycles. The van der Waals surface area contributed by atoms with Gasteiger partial charge in [0.2, 0.25) is 0 Å². The third kappa shape index (κ3) is 8.40. The highest BCUT2D eigenvalue weighted by molar-refractivity contribution is 9.10. The minimum atomic E-state index is -0.502. The van der Waals surface area contributed by atoms with Crippen molar-refractivity contribution in [1.29, 1.82) is 0 Å². The standard InChI is InChI=1S/C32H36BrCl2N3O4/c1-2-37-30(20-9-4-3-5-10-20)23-17-22(18-24(33)29(23)36)32(40)42-16-15-41-28(39)19-21-11-6-7-14-27(21)38-31-25(34)12-8-13-26(31)35/h6-8,11-14,17-18,20,30,37-38H,2-5,9-10,15-16,19,36H2,1H3. The van der Waals surface area contributed by atoms with Gasteiger partial charge in [0.15, 0.2) is 0 Å². The van der Waals surface area contributed by atoms with Gasteiger partial charge in [0, 0.05) is 16.2 Å². The number of ether oxygens (including phenoxy) is 2. The number of nitrogen functional groups attached to an aromatic ring is 1. The Bertz CT molecular complexity index is 1380. The Labute approximate surface area is 265 Å². The summed E-state index contributed by atoms with van der Waals surface area (Å²) < 4.78 is 11.5. The van der Waals surface area contributed by atoms with Crippen molar-refractivity contribution in [2.75, 3.05) is 30.8 Å². The van der Waals surface area contributed by atoms with Gasteiger partial charge in [-0.05, 0) is 82.7 Å². The van der Waals surface area contributed by atoms with Crippen molar-refractivity contribution in [1.82, 2.24) is 5.32 Å². The fraction of sp³-hybridized carbons (Fsp3) is 0.375. The molecule has 3 aromatic rings. The Balaban J connectivity index is 1.33. The van der Waals surface area contributed by atoms with Crippen molar-refractivity contribution in [2.24, 2.45) is 5.92 Å². The number of hydrogen-bond acceptors (Lipinski definition) is 7. The molecular formula is C32H36BrCl2N3O4. The van der Waals surface area contributed by atoms with Crippen molar-refractivity contribution in [3.8, 4) is 0 Å². The maximum absolute atomic E-state index is 13.0. The zero-order valence-electron chi connectivity index (χ0n) is 23.6. The van der Waals surface area contributed by atoms with Gasteiger partial charge >= 0.3 is 11.9 Å². The lowest BCUT2D eigenvalue weighted by Crippen LogP contribution is -2.30. The second-order valence-electron chi connectivity index (χ2n) is 10.3. The summed E-state index contributed by atoms with van der Waals surface area (Å²) in [5, 5.41) is 7.72. The van der Waals surface area contributed by atoms with Crippen LogP contribution < -0.4 is 16.4 Å². The zero-order chi connectivity index (χ0) is 30.1. The van der Waals surface area contributed by atoms with E-state index in [1.165, 1.54) is 19.3 Å². The van der Waals surface area contributed by atoms with Crippen LogP contribution in [-0.2, 0) is 20.7 Å². The molecule has 0 spiro atoms. The first-order chi connectivity index (χ1) is 20.3. The number of halogens is 3. The number of nitrogens with one attached hydrogen (secondary N) is 2. The Morgan fingerprint density at radius 2 is 1.69 bits per heavy atom. The summed E-state index contributed by atoms with van der Waals surface area (Å²) in [7, 11) is 0. The average Bonchev–Trinajstić information content (AvgIpc) is 2.98. The van der Waals surface area contributed by atoms with Crippen LogP contribution in [-0.4, -0.2) is 31.7 Å². The fourth-order valence-corrected chi connectivity index (χ4v) is 6.33. The highest BCUT2D eigenvalue weighted by atomic mass is 79.9. The Morgan fingerprint density at radius 3 is 2.40 bits per heavy atom. The topological polar surface area (TPSA) is 103 Å². The third-order valence-corrected chi connectivity index (χ3v) is 8.72. The van der Waals surface area contributed by atoms with E-state index < -0.39 is 11.9 Å². The molecule has 0 aliphatic heterocycles. The molecule has 42 heavy (non-hydrogen) atoms. The summed E-state index contributed by atoms with van der Waals surface area (Å²) in [5.41, 5.74) is 10.3. The van der Waals surface area contributed by atoms with Crippen LogP contribution in [0.4, 0.5) is 17.1 Å². The van der Waals surface area contributed by atoms with Crippen molar-refractivity contribution < 1.29 is 19.1 Å². The highest BCUT2D eigenvalue weighted by Crippen LogP contribution is 2.39. The lowest BCUT2D eigenvalue weighted by atomic mass is 9.80. The van der Waals surface area contributed by atoms with Gasteiger partial charge in [-0.3, -0.25) is 4.79 Å². The predicted octanol–water partition coefficient (Wildman–Crippen LogP) is 8.26. The van der Waals surface area contributed by atoms with Crippen LogP contribution >= 0.6 is 39.1 Å². The molecule has 0 bridgehead atoms. The first-order valence-corrected chi connectivity index (χ1v) is 15.8. The van der Waals surface area contributed by atoms with Gasteiger partial charge in [-0.2, -0.15) is 0 Å². The third-order valence-electron chi connectivity index (χ3n) is 7.43. The smallest absolute Gasteiger partial charge is 0.338 e. The molecule has 1 saturated carbocycles. The summed E-state index contributed by atoms with van der Waals surface area (Å²) in [6.45, 7) is 2.73. The zero-order valence-corrected chi connectivity index (χ0v) is 26.7. The van der Waals surface area contributed by atoms with Crippen LogP contribution in [0.2, 0.25) is 10.0 Å². The fourth-order valence-electron chi connectivity index (χ4n) is 5.36. The molecule has 3 aromatic carbocycles. The van der Waals surface area contributed by atoms with Crippen molar-refractivity contribution in [3.63, 3.8) is 0 Å². The van der Waals surface area contributed by atoms with E-state index >= 15 is 0 Å². The molecule has 1 unspecified atom stereocenters. The van der Waals surface area contributed by atoms with E-state index in [9.17, 15) is 9.59 Å². The summed E-state index contributed by atoms with van der Waals surface area (Å²) in [6, 6.07) is 16.1. The maximum Gasteiger partial charge on any atom is 0.338 e. The SMILES string of the molecule is CCNC(c1cc(C(=O)OCCOC(=O)Cc2ccccc2Nc2c(Cl)cccc2Cl)cc(Br)c1N)C1CCCCC1. The Hall–Kier alpha value is -2.78. The molecule has 4 rings (SSSR count). The molecule has 0 radical (unpaired) electrons. The van der Waals surface area contributed by atoms with Crippen LogP contribution in [0.15, 0.2) is 59.1 Å². The highest BCUT2D eigenvalue weighted by Gasteiger charge is 2.28. The lowest BCUT2D eigenvalue weighted by molar-refractivity contribution is -0.143. The van der Waals surface area contributed by atoms with E-state index in [1.54, 1.807) is 24.3 Å². The van der Waals surface area contributed by atoms with Gasteiger partial charge in [0.1, 0.15) is 13.2 Å². The van der Waals surface area contributed by atoms with E-state index in [1.807, 2.05) is 30.3 Å². The molecule has 1 atom stereocenters. The minimum Gasteiger partial charge on any atom is -0.462 e. The normalized spacial score (nSPS) is 14.3. The van der Waals surface area contributed by atoms with Crippen LogP contribution in [0.25, 0.3) is 0 Å². The number of carbonyl (C=O) groups excluding carboxylic acids is 2. The second kappa shape index (κ2) is 15.6. The van der Waals surface area contributed by atoms with Crippen LogP contribution in [0.3, 0.4) is 0 Å². The molecule has 0 aromatic heterocycles. The van der Waals surface area contributed by atoms with Gasteiger partial charge in [0.25, 0.3) is 0 Å². The Kier molecular flexibility index (Phi) is 12.0. The monoisotopic (exact) mass is 675 g/mol. The number of carbonyl (C=O) groups is 2. The molecular weight excluding hydrogens is 641 g/mol. The summed E-state index contributed by atoms with van der Waals surface area (Å²) in [5.74, 6) is -0.498. The van der Waals surface area contributed by atoms with E-state index in [4.69, 9.17) is 38.4 Å². The minimum absolute atomic E-state index is 0.0143. The van der Waals surface area contributed by atoms with Gasteiger partial charge < -0.3 is 25.8 Å². The molecule has 7 nitrogen and oxygen atoms in total. The quantitative estimate of drug-likeness (QED) is 0.101. The lowest BCUT2D eigenvalue weighted by Gasteiger charge is -2.32. The van der Waals surface area contributed by atoms with Crippen LogP contribution in [0, 0.1) is 5.92 Å². The van der Waals surface area contributed by atoms with Crippen molar-refractivity contribution >= 4 is 68.1 Å². The van der Waals surface area contributed by atoms with E-state index in [-0.39, 0.29) is 25.7 Å². The molecule has 4 N–H and O–H groups in total. The number of para-hydroxylation sites is 2. The molecule has 224 valence electrons. The van der Waals surface area contributed by atoms with Gasteiger partial charge in [-0.15, -0.1) is 0 Å². The molecule has 1 aliphatic rings. The summed E-state index contributed by atoms with van der Waals surface area (Å²) in [6.07, 6.45) is 5.93. The van der Waals surface area contributed by atoms with E-state index in [0.29, 0.717) is 48.6 Å². The number of anilines is 3. The van der Waals surface area contributed by atoms with Crippen molar-refractivity contribution in [3.05, 3.63) is 85.8 Å². The molecule has 1 fully saturated rings. The molecule has 0 heterocycles. The Morgan fingerprint density at radius 1 is 1.00 bits per heavy atom.